The van der Waals surface area contributed by atoms with Gasteiger partial charge in [-0.15, -0.1) is 0 Å². The fraction of sp³-hybridized carbons (Fsp3) is 0.538. The molecule has 1 heterocycles. The molecule has 2 rings (SSSR count). The Balaban J connectivity index is 2.18. The quantitative estimate of drug-likeness (QED) is 0.926. The average Bonchev–Trinajstić information content (AvgIpc) is 2.86. The molecule has 0 spiro atoms. The van der Waals surface area contributed by atoms with Gasteiger partial charge in [0, 0.05) is 29.7 Å². The summed E-state index contributed by atoms with van der Waals surface area (Å²) in [7, 11) is 2.14. The molecule has 1 aromatic rings. The van der Waals surface area contributed by atoms with Gasteiger partial charge < -0.3 is 10.5 Å². The molecule has 94 valence electrons. The zero-order chi connectivity index (χ0) is 12.3. The lowest BCUT2D eigenvalue weighted by Gasteiger charge is -2.32. The van der Waals surface area contributed by atoms with Crippen molar-refractivity contribution in [1.82, 2.24) is 4.90 Å². The van der Waals surface area contributed by atoms with Gasteiger partial charge in [-0.3, -0.25) is 4.90 Å². The lowest BCUT2D eigenvalue weighted by atomic mass is 10.0. The second-order valence-corrected chi connectivity index (χ2v) is 5.31. The van der Waals surface area contributed by atoms with Gasteiger partial charge in [-0.2, -0.15) is 0 Å². The summed E-state index contributed by atoms with van der Waals surface area (Å²) in [4.78, 5) is 2.34. The van der Waals surface area contributed by atoms with Crippen LogP contribution in [-0.4, -0.2) is 37.7 Å². The van der Waals surface area contributed by atoms with E-state index in [0.29, 0.717) is 12.6 Å². The number of hydrogen-bond acceptors (Lipinski definition) is 3. The molecule has 1 aromatic carbocycles. The van der Waals surface area contributed by atoms with Crippen LogP contribution in [0.15, 0.2) is 28.7 Å². The molecule has 2 atom stereocenters. The minimum atomic E-state index is 0.247. The van der Waals surface area contributed by atoms with Crippen molar-refractivity contribution < 1.29 is 4.74 Å². The molecule has 0 radical (unpaired) electrons. The van der Waals surface area contributed by atoms with Crippen LogP contribution < -0.4 is 5.73 Å². The maximum atomic E-state index is 5.94. The topological polar surface area (TPSA) is 38.5 Å². The van der Waals surface area contributed by atoms with Crippen LogP contribution in [0.1, 0.15) is 18.0 Å². The molecule has 0 aliphatic carbocycles. The molecule has 0 aromatic heterocycles. The van der Waals surface area contributed by atoms with Gasteiger partial charge in [0.1, 0.15) is 0 Å². The first-order chi connectivity index (χ1) is 8.24. The number of ether oxygens (including phenoxy) is 1. The van der Waals surface area contributed by atoms with Crippen molar-refractivity contribution in [3.8, 4) is 0 Å². The summed E-state index contributed by atoms with van der Waals surface area (Å²) in [6.07, 6.45) is 1.09. The fourth-order valence-corrected chi connectivity index (χ4v) is 2.90. The first-order valence-corrected chi connectivity index (χ1v) is 6.77. The van der Waals surface area contributed by atoms with Crippen LogP contribution in [0.3, 0.4) is 0 Å². The van der Waals surface area contributed by atoms with Crippen molar-refractivity contribution in [3.63, 3.8) is 0 Å². The Kier molecular flexibility index (Phi) is 4.56. The second-order valence-electron chi connectivity index (χ2n) is 4.46. The number of halogens is 1. The van der Waals surface area contributed by atoms with Crippen molar-refractivity contribution >= 4 is 15.9 Å². The van der Waals surface area contributed by atoms with Gasteiger partial charge in [0.2, 0.25) is 0 Å². The standard InChI is InChI=1S/C13H19BrN2O/c1-16(10-6-7-17-9-10)13(8-15)11-4-2-3-5-12(11)14/h2-5,10,13H,6-9,15H2,1H3. The van der Waals surface area contributed by atoms with Crippen LogP contribution in [0, 0.1) is 0 Å². The molecule has 3 nitrogen and oxygen atoms in total. The van der Waals surface area contributed by atoms with E-state index in [0.717, 1.165) is 24.1 Å². The SMILES string of the molecule is CN(C1CCOC1)C(CN)c1ccccc1Br. The van der Waals surface area contributed by atoms with E-state index in [2.05, 4.69) is 46.1 Å². The molecule has 4 heteroatoms. The number of rotatable bonds is 4. The number of nitrogens with zero attached hydrogens (tertiary/aromatic N) is 1. The van der Waals surface area contributed by atoms with E-state index in [4.69, 9.17) is 10.5 Å². The van der Waals surface area contributed by atoms with E-state index in [1.807, 2.05) is 6.07 Å². The largest absolute Gasteiger partial charge is 0.380 e. The zero-order valence-electron chi connectivity index (χ0n) is 10.1. The average molecular weight is 299 g/mol. The van der Waals surface area contributed by atoms with Gasteiger partial charge in [0.05, 0.1) is 6.61 Å². The van der Waals surface area contributed by atoms with Crippen molar-refractivity contribution in [2.45, 2.75) is 18.5 Å². The summed E-state index contributed by atoms with van der Waals surface area (Å²) in [6.45, 7) is 2.30. The summed E-state index contributed by atoms with van der Waals surface area (Å²) in [5, 5.41) is 0. The van der Waals surface area contributed by atoms with E-state index in [-0.39, 0.29) is 6.04 Å². The number of nitrogens with two attached hydrogens (primary N) is 1. The summed E-state index contributed by atoms with van der Waals surface area (Å²) in [6, 6.07) is 9.01. The third-order valence-corrected chi connectivity index (χ3v) is 4.18. The van der Waals surface area contributed by atoms with Gasteiger partial charge in [0.15, 0.2) is 0 Å². The van der Waals surface area contributed by atoms with E-state index in [1.54, 1.807) is 0 Å². The molecule has 2 N–H and O–H groups in total. The van der Waals surface area contributed by atoms with Crippen LogP contribution in [0.2, 0.25) is 0 Å². The van der Waals surface area contributed by atoms with Crippen molar-refractivity contribution in [2.75, 3.05) is 26.8 Å². The van der Waals surface area contributed by atoms with Gasteiger partial charge in [-0.25, -0.2) is 0 Å². The number of likely N-dealkylation sites (N-methyl/N-ethyl adjacent to an activating group) is 1. The third-order valence-electron chi connectivity index (χ3n) is 3.46. The predicted molar refractivity (Wildman–Crippen MR) is 72.9 cm³/mol. The smallest absolute Gasteiger partial charge is 0.0622 e. The lowest BCUT2D eigenvalue weighted by molar-refractivity contribution is 0.134. The maximum Gasteiger partial charge on any atom is 0.0622 e. The molecule has 0 saturated carbocycles. The van der Waals surface area contributed by atoms with Crippen LogP contribution in [0.5, 0.6) is 0 Å². The summed E-state index contributed by atoms with van der Waals surface area (Å²) in [5.74, 6) is 0. The highest BCUT2D eigenvalue weighted by molar-refractivity contribution is 9.10. The van der Waals surface area contributed by atoms with E-state index >= 15 is 0 Å². The van der Waals surface area contributed by atoms with E-state index < -0.39 is 0 Å². The normalized spacial score (nSPS) is 22.0. The first kappa shape index (κ1) is 13.0. The number of benzene rings is 1. The Hall–Kier alpha value is -0.420. The highest BCUT2D eigenvalue weighted by atomic mass is 79.9. The second kappa shape index (κ2) is 5.96. The molecule has 1 aliphatic heterocycles. The Morgan fingerprint density at radius 3 is 2.88 bits per heavy atom. The van der Waals surface area contributed by atoms with E-state index in [1.165, 1.54) is 5.56 Å². The monoisotopic (exact) mass is 298 g/mol. The molecular formula is C13H19BrN2O. The molecule has 0 amide bonds. The highest BCUT2D eigenvalue weighted by Gasteiger charge is 2.27. The molecule has 1 aliphatic rings. The van der Waals surface area contributed by atoms with Crippen LogP contribution in [-0.2, 0) is 4.74 Å². The molecule has 2 unspecified atom stereocenters. The summed E-state index contributed by atoms with van der Waals surface area (Å²) in [5.41, 5.74) is 7.19. The van der Waals surface area contributed by atoms with Gasteiger partial charge >= 0.3 is 0 Å². The predicted octanol–water partition coefficient (Wildman–Crippen LogP) is 2.17. The molecule has 0 bridgehead atoms. The Labute approximate surface area is 111 Å². The third kappa shape index (κ3) is 2.88. The van der Waals surface area contributed by atoms with Crippen LogP contribution in [0.4, 0.5) is 0 Å². The number of hydrogen-bond donors (Lipinski definition) is 1. The molecule has 1 saturated heterocycles. The molecule has 1 fully saturated rings. The van der Waals surface area contributed by atoms with Crippen LogP contribution >= 0.6 is 15.9 Å². The Bertz CT molecular complexity index is 366. The van der Waals surface area contributed by atoms with Crippen LogP contribution in [0.25, 0.3) is 0 Å². The van der Waals surface area contributed by atoms with E-state index in [9.17, 15) is 0 Å². The highest BCUT2D eigenvalue weighted by Crippen LogP contribution is 2.29. The van der Waals surface area contributed by atoms with Gasteiger partial charge in [-0.05, 0) is 25.1 Å². The first-order valence-electron chi connectivity index (χ1n) is 5.98. The van der Waals surface area contributed by atoms with Crippen molar-refractivity contribution in [1.29, 1.82) is 0 Å². The van der Waals surface area contributed by atoms with Crippen molar-refractivity contribution in [2.24, 2.45) is 5.73 Å². The van der Waals surface area contributed by atoms with Crippen molar-refractivity contribution in [3.05, 3.63) is 34.3 Å². The summed E-state index contributed by atoms with van der Waals surface area (Å²) >= 11 is 3.60. The lowest BCUT2D eigenvalue weighted by Crippen LogP contribution is -2.39. The minimum Gasteiger partial charge on any atom is -0.380 e. The van der Waals surface area contributed by atoms with Gasteiger partial charge in [0.25, 0.3) is 0 Å². The fourth-order valence-electron chi connectivity index (χ4n) is 2.36. The molecule has 17 heavy (non-hydrogen) atoms. The minimum absolute atomic E-state index is 0.247. The Morgan fingerprint density at radius 1 is 1.53 bits per heavy atom. The maximum absolute atomic E-state index is 5.94. The Morgan fingerprint density at radius 2 is 2.29 bits per heavy atom. The summed E-state index contributed by atoms with van der Waals surface area (Å²) < 4.78 is 6.57. The molecular weight excluding hydrogens is 280 g/mol. The van der Waals surface area contributed by atoms with Gasteiger partial charge in [-0.1, -0.05) is 34.1 Å². The zero-order valence-corrected chi connectivity index (χ0v) is 11.7.